The van der Waals surface area contributed by atoms with E-state index in [1.807, 2.05) is 31.2 Å². The molecule has 0 radical (unpaired) electrons. The topological polar surface area (TPSA) is 80.4 Å². The summed E-state index contributed by atoms with van der Waals surface area (Å²) in [5.41, 5.74) is 2.70. The van der Waals surface area contributed by atoms with Crippen LogP contribution in [0.3, 0.4) is 0 Å². The highest BCUT2D eigenvalue weighted by Crippen LogP contribution is 2.41. The molecule has 0 bridgehead atoms. The van der Waals surface area contributed by atoms with Crippen LogP contribution in [0.2, 0.25) is 0 Å². The molecule has 1 N–H and O–H groups in total. The van der Waals surface area contributed by atoms with Gasteiger partial charge in [-0.15, -0.1) is 10.0 Å². The Morgan fingerprint density at radius 2 is 1.87 bits per heavy atom. The molecule has 0 aliphatic heterocycles. The van der Waals surface area contributed by atoms with Crippen molar-refractivity contribution in [3.05, 3.63) is 59.0 Å². The fourth-order valence-electron chi connectivity index (χ4n) is 2.84. The summed E-state index contributed by atoms with van der Waals surface area (Å²) >= 11 is 0. The number of phenolic OH excluding ortho intramolecular Hbond substituents is 1. The van der Waals surface area contributed by atoms with Crippen LogP contribution in [0.25, 0.3) is 27.5 Å². The highest BCUT2D eigenvalue weighted by Gasteiger charge is 2.20. The predicted octanol–water partition coefficient (Wildman–Crippen LogP) is 3.99. The van der Waals surface area contributed by atoms with E-state index in [1.54, 1.807) is 24.3 Å². The van der Waals surface area contributed by atoms with E-state index in [0.717, 1.165) is 11.3 Å². The molecular formula is C17H12N4O2. The molecule has 0 atom stereocenters. The van der Waals surface area contributed by atoms with Crippen LogP contribution in [0.1, 0.15) is 5.56 Å². The zero-order valence-electron chi connectivity index (χ0n) is 12.3. The fourth-order valence-corrected chi connectivity index (χ4v) is 2.84. The van der Waals surface area contributed by atoms with Gasteiger partial charge in [0, 0.05) is 10.8 Å². The molecule has 6 heteroatoms. The van der Waals surface area contributed by atoms with Gasteiger partial charge in [-0.05, 0) is 29.8 Å². The summed E-state index contributed by atoms with van der Waals surface area (Å²) in [7, 11) is 0. The second-order valence-corrected chi connectivity index (χ2v) is 5.37. The first kappa shape index (κ1) is 13.4. The van der Waals surface area contributed by atoms with Crippen LogP contribution < -0.4 is 0 Å². The van der Waals surface area contributed by atoms with Crippen molar-refractivity contribution in [2.24, 2.45) is 5.18 Å². The highest BCUT2D eigenvalue weighted by molar-refractivity contribution is 6.12. The SMILES string of the molecule is Cc1cccc(-n2nnc3c(O)c4ccccc4c(N=O)c32)c1. The van der Waals surface area contributed by atoms with Crippen molar-refractivity contribution >= 4 is 27.5 Å². The van der Waals surface area contributed by atoms with E-state index in [-0.39, 0.29) is 17.0 Å². The summed E-state index contributed by atoms with van der Waals surface area (Å²) in [5, 5.41) is 22.9. The molecule has 0 fully saturated rings. The van der Waals surface area contributed by atoms with Crippen LogP contribution in [0.5, 0.6) is 5.75 Å². The quantitative estimate of drug-likeness (QED) is 0.568. The summed E-state index contributed by atoms with van der Waals surface area (Å²) in [6, 6.07) is 14.7. The van der Waals surface area contributed by atoms with E-state index in [9.17, 15) is 10.0 Å². The maximum absolute atomic E-state index is 11.5. The van der Waals surface area contributed by atoms with E-state index in [2.05, 4.69) is 15.5 Å². The molecule has 1 aromatic heterocycles. The van der Waals surface area contributed by atoms with E-state index >= 15 is 0 Å². The van der Waals surface area contributed by atoms with Crippen LogP contribution in [0.4, 0.5) is 5.69 Å². The lowest BCUT2D eigenvalue weighted by Crippen LogP contribution is -1.97. The van der Waals surface area contributed by atoms with E-state index in [1.165, 1.54) is 4.68 Å². The van der Waals surface area contributed by atoms with Gasteiger partial charge in [0.25, 0.3) is 0 Å². The lowest BCUT2D eigenvalue weighted by atomic mass is 10.1. The van der Waals surface area contributed by atoms with Gasteiger partial charge in [-0.3, -0.25) is 0 Å². The number of hydrogen-bond acceptors (Lipinski definition) is 5. The molecule has 0 saturated carbocycles. The Morgan fingerprint density at radius 3 is 2.61 bits per heavy atom. The van der Waals surface area contributed by atoms with Crippen molar-refractivity contribution in [2.45, 2.75) is 6.92 Å². The Balaban J connectivity index is 2.19. The third kappa shape index (κ3) is 1.88. The number of aryl methyl sites for hydroxylation is 1. The Morgan fingerprint density at radius 1 is 1.09 bits per heavy atom. The maximum atomic E-state index is 11.5. The van der Waals surface area contributed by atoms with Crippen LogP contribution >= 0.6 is 0 Å². The van der Waals surface area contributed by atoms with Crippen LogP contribution in [0.15, 0.2) is 53.7 Å². The van der Waals surface area contributed by atoms with Gasteiger partial charge in [0.2, 0.25) is 0 Å². The van der Waals surface area contributed by atoms with Gasteiger partial charge in [-0.25, -0.2) is 4.68 Å². The average Bonchev–Trinajstić information content (AvgIpc) is 3.01. The Hall–Kier alpha value is -3.28. The smallest absolute Gasteiger partial charge is 0.158 e. The van der Waals surface area contributed by atoms with Crippen molar-refractivity contribution in [3.8, 4) is 11.4 Å². The van der Waals surface area contributed by atoms with E-state index in [0.29, 0.717) is 16.3 Å². The van der Waals surface area contributed by atoms with Crippen molar-refractivity contribution < 1.29 is 5.11 Å². The summed E-state index contributed by atoms with van der Waals surface area (Å²) in [6.45, 7) is 1.97. The zero-order chi connectivity index (χ0) is 16.0. The molecule has 0 amide bonds. The molecule has 4 aromatic rings. The number of phenols is 1. The van der Waals surface area contributed by atoms with Gasteiger partial charge in [-0.1, -0.05) is 41.6 Å². The van der Waals surface area contributed by atoms with Gasteiger partial charge in [0.15, 0.2) is 11.3 Å². The molecule has 0 saturated heterocycles. The number of aromatic nitrogens is 3. The number of benzene rings is 3. The summed E-state index contributed by atoms with van der Waals surface area (Å²) in [4.78, 5) is 11.5. The molecule has 3 aromatic carbocycles. The lowest BCUT2D eigenvalue weighted by Gasteiger charge is -2.07. The maximum Gasteiger partial charge on any atom is 0.158 e. The second kappa shape index (κ2) is 4.88. The molecule has 0 aliphatic rings. The van der Waals surface area contributed by atoms with Gasteiger partial charge >= 0.3 is 0 Å². The summed E-state index contributed by atoms with van der Waals surface area (Å²) in [6.07, 6.45) is 0. The molecule has 4 rings (SSSR count). The van der Waals surface area contributed by atoms with Gasteiger partial charge in [0.1, 0.15) is 11.2 Å². The molecule has 0 spiro atoms. The molecule has 23 heavy (non-hydrogen) atoms. The first-order chi connectivity index (χ1) is 11.2. The van der Waals surface area contributed by atoms with E-state index in [4.69, 9.17) is 0 Å². The van der Waals surface area contributed by atoms with Crippen molar-refractivity contribution in [2.75, 3.05) is 0 Å². The van der Waals surface area contributed by atoms with Crippen LogP contribution in [0, 0.1) is 11.8 Å². The largest absolute Gasteiger partial charge is 0.505 e. The standard InChI is InChI=1S/C17H12N4O2/c1-10-5-4-6-11(9-10)21-16-14(19-23)12-7-2-3-8-13(12)17(22)15(16)18-20-21/h2-9,22H,1H3. The van der Waals surface area contributed by atoms with Crippen molar-refractivity contribution in [3.63, 3.8) is 0 Å². The molecule has 1 heterocycles. The Labute approximate surface area is 131 Å². The first-order valence-corrected chi connectivity index (χ1v) is 7.10. The number of fused-ring (bicyclic) bond motifs is 2. The van der Waals surface area contributed by atoms with Crippen molar-refractivity contribution in [1.82, 2.24) is 15.0 Å². The highest BCUT2D eigenvalue weighted by atomic mass is 16.3. The Bertz CT molecular complexity index is 1070. The minimum Gasteiger partial charge on any atom is -0.505 e. The molecule has 0 unspecified atom stereocenters. The summed E-state index contributed by atoms with van der Waals surface area (Å²) < 4.78 is 1.53. The number of nitrogens with zero attached hydrogens (tertiary/aromatic N) is 4. The minimum atomic E-state index is 0.00176. The number of hydrogen-bond donors (Lipinski definition) is 1. The average molecular weight is 304 g/mol. The molecule has 0 aliphatic carbocycles. The lowest BCUT2D eigenvalue weighted by molar-refractivity contribution is 0.486. The number of rotatable bonds is 2. The normalized spacial score (nSPS) is 11.2. The first-order valence-electron chi connectivity index (χ1n) is 7.10. The van der Waals surface area contributed by atoms with Crippen LogP contribution in [-0.2, 0) is 0 Å². The third-order valence-corrected chi connectivity index (χ3v) is 3.89. The third-order valence-electron chi connectivity index (χ3n) is 3.89. The Kier molecular flexibility index (Phi) is 2.84. The van der Waals surface area contributed by atoms with Gasteiger partial charge in [-0.2, -0.15) is 0 Å². The second-order valence-electron chi connectivity index (χ2n) is 5.37. The predicted molar refractivity (Wildman–Crippen MR) is 88.2 cm³/mol. The number of aromatic hydroxyl groups is 1. The minimum absolute atomic E-state index is 0.00176. The molecule has 6 nitrogen and oxygen atoms in total. The molecular weight excluding hydrogens is 292 g/mol. The van der Waals surface area contributed by atoms with Gasteiger partial charge in [0.05, 0.1) is 5.69 Å². The number of nitroso groups, excluding NO2 is 1. The monoisotopic (exact) mass is 304 g/mol. The summed E-state index contributed by atoms with van der Waals surface area (Å²) in [5.74, 6) is 0.00176. The van der Waals surface area contributed by atoms with Crippen molar-refractivity contribution in [1.29, 1.82) is 0 Å². The molecule has 112 valence electrons. The van der Waals surface area contributed by atoms with E-state index < -0.39 is 0 Å². The van der Waals surface area contributed by atoms with Gasteiger partial charge < -0.3 is 5.11 Å². The van der Waals surface area contributed by atoms with Crippen LogP contribution in [-0.4, -0.2) is 20.1 Å². The fraction of sp³-hybridized carbons (Fsp3) is 0.0588. The zero-order valence-corrected chi connectivity index (χ0v) is 12.3.